The Morgan fingerprint density at radius 3 is 2.61 bits per heavy atom. The number of benzene rings is 1. The number of hydrogen-bond acceptors (Lipinski definition) is 2. The molecule has 0 aromatic heterocycles. The van der Waals surface area contributed by atoms with Crippen LogP contribution in [-0.2, 0) is 6.54 Å². The van der Waals surface area contributed by atoms with Crippen LogP contribution in [0.25, 0.3) is 0 Å². The lowest BCUT2D eigenvalue weighted by molar-refractivity contribution is 0.206. The molecule has 0 fully saturated rings. The summed E-state index contributed by atoms with van der Waals surface area (Å²) in [5, 5.41) is 0. The van der Waals surface area contributed by atoms with E-state index in [1.807, 2.05) is 0 Å². The third-order valence-corrected chi connectivity index (χ3v) is 3.52. The smallest absolute Gasteiger partial charge is 0.133 e. The van der Waals surface area contributed by atoms with E-state index in [2.05, 4.69) is 25.7 Å². The van der Waals surface area contributed by atoms with Crippen molar-refractivity contribution < 1.29 is 4.39 Å². The van der Waals surface area contributed by atoms with Crippen molar-refractivity contribution in [1.82, 2.24) is 4.90 Å². The van der Waals surface area contributed by atoms with E-state index >= 15 is 0 Å². The predicted molar refractivity (Wildman–Crippen MR) is 78.1 cm³/mol. The van der Waals surface area contributed by atoms with E-state index in [4.69, 9.17) is 18.0 Å². The summed E-state index contributed by atoms with van der Waals surface area (Å²) in [6.45, 7) is 8.25. The molecule has 0 amide bonds. The SMILES string of the molecule is CCC(C)N(CC)Cc1ccc(F)c(C(N)=S)c1. The summed E-state index contributed by atoms with van der Waals surface area (Å²) in [5.74, 6) is -0.349. The number of nitrogens with two attached hydrogens (primary N) is 1. The Kier molecular flexibility index (Phi) is 5.69. The third kappa shape index (κ3) is 3.75. The molecule has 0 spiro atoms. The highest BCUT2D eigenvalue weighted by molar-refractivity contribution is 7.80. The molecule has 0 aliphatic heterocycles. The van der Waals surface area contributed by atoms with Crippen molar-refractivity contribution in [1.29, 1.82) is 0 Å². The second kappa shape index (κ2) is 6.81. The zero-order valence-corrected chi connectivity index (χ0v) is 12.1. The molecule has 18 heavy (non-hydrogen) atoms. The van der Waals surface area contributed by atoms with Crippen molar-refractivity contribution in [2.45, 2.75) is 39.8 Å². The molecule has 0 saturated heterocycles. The molecule has 100 valence electrons. The van der Waals surface area contributed by atoms with Crippen LogP contribution in [0.2, 0.25) is 0 Å². The number of nitrogens with zero attached hydrogens (tertiary/aromatic N) is 1. The van der Waals surface area contributed by atoms with Gasteiger partial charge in [-0.05, 0) is 37.6 Å². The molecule has 1 unspecified atom stereocenters. The van der Waals surface area contributed by atoms with E-state index in [9.17, 15) is 4.39 Å². The van der Waals surface area contributed by atoms with Gasteiger partial charge in [0.25, 0.3) is 0 Å². The maximum absolute atomic E-state index is 13.5. The average molecular weight is 268 g/mol. The molecule has 1 aromatic rings. The molecule has 0 bridgehead atoms. The molecule has 0 radical (unpaired) electrons. The largest absolute Gasteiger partial charge is 0.389 e. The van der Waals surface area contributed by atoms with Crippen molar-refractivity contribution in [3.8, 4) is 0 Å². The van der Waals surface area contributed by atoms with Crippen LogP contribution in [0.5, 0.6) is 0 Å². The van der Waals surface area contributed by atoms with E-state index in [-0.39, 0.29) is 10.8 Å². The van der Waals surface area contributed by atoms with Crippen LogP contribution in [0, 0.1) is 5.82 Å². The average Bonchev–Trinajstić information content (AvgIpc) is 2.36. The standard InChI is InChI=1S/C14H21FN2S/c1-4-10(3)17(5-2)9-11-6-7-13(15)12(8-11)14(16)18/h6-8,10H,4-5,9H2,1-3H3,(H2,16,18). The maximum atomic E-state index is 13.5. The van der Waals surface area contributed by atoms with E-state index in [1.54, 1.807) is 12.1 Å². The Hall–Kier alpha value is -1.00. The molecule has 0 aliphatic carbocycles. The van der Waals surface area contributed by atoms with Gasteiger partial charge in [0, 0.05) is 18.2 Å². The summed E-state index contributed by atoms with van der Waals surface area (Å²) in [6.07, 6.45) is 1.09. The first kappa shape index (κ1) is 15.1. The van der Waals surface area contributed by atoms with Gasteiger partial charge in [0.1, 0.15) is 10.8 Å². The van der Waals surface area contributed by atoms with E-state index in [0.717, 1.165) is 25.1 Å². The van der Waals surface area contributed by atoms with Crippen molar-refractivity contribution >= 4 is 17.2 Å². The molecule has 0 aliphatic rings. The second-order valence-corrected chi connectivity index (χ2v) is 4.94. The third-order valence-electron chi connectivity index (χ3n) is 3.30. The Labute approximate surface area is 114 Å². The van der Waals surface area contributed by atoms with Crippen molar-refractivity contribution in [2.75, 3.05) is 6.54 Å². The van der Waals surface area contributed by atoms with Crippen LogP contribution in [0.4, 0.5) is 4.39 Å². The molecule has 1 atom stereocenters. The first-order valence-corrected chi connectivity index (χ1v) is 6.72. The van der Waals surface area contributed by atoms with Gasteiger partial charge >= 0.3 is 0 Å². The van der Waals surface area contributed by atoms with Gasteiger partial charge in [-0.25, -0.2) is 4.39 Å². The minimum absolute atomic E-state index is 0.112. The monoisotopic (exact) mass is 268 g/mol. The first-order valence-electron chi connectivity index (χ1n) is 6.31. The highest BCUT2D eigenvalue weighted by Gasteiger charge is 2.12. The molecular weight excluding hydrogens is 247 g/mol. The zero-order chi connectivity index (χ0) is 13.7. The van der Waals surface area contributed by atoms with E-state index < -0.39 is 0 Å². The number of halogens is 1. The quantitative estimate of drug-likeness (QED) is 0.804. The van der Waals surface area contributed by atoms with Crippen LogP contribution in [0.1, 0.15) is 38.3 Å². The van der Waals surface area contributed by atoms with E-state index in [0.29, 0.717) is 11.6 Å². The Morgan fingerprint density at radius 2 is 2.11 bits per heavy atom. The van der Waals surface area contributed by atoms with Crippen LogP contribution in [0.15, 0.2) is 18.2 Å². The lowest BCUT2D eigenvalue weighted by atomic mass is 10.1. The maximum Gasteiger partial charge on any atom is 0.133 e. The number of rotatable bonds is 6. The molecule has 2 N–H and O–H groups in total. The highest BCUT2D eigenvalue weighted by Crippen LogP contribution is 2.14. The molecule has 4 heteroatoms. The lowest BCUT2D eigenvalue weighted by Crippen LogP contribution is -2.31. The molecule has 1 aromatic carbocycles. The number of thiocarbonyl (C=S) groups is 1. The molecule has 0 heterocycles. The lowest BCUT2D eigenvalue weighted by Gasteiger charge is -2.27. The van der Waals surface area contributed by atoms with Crippen LogP contribution < -0.4 is 5.73 Å². The fraction of sp³-hybridized carbons (Fsp3) is 0.500. The molecule has 0 saturated carbocycles. The normalized spacial score (nSPS) is 12.7. The van der Waals surface area contributed by atoms with Gasteiger partial charge < -0.3 is 5.73 Å². The minimum Gasteiger partial charge on any atom is -0.389 e. The Morgan fingerprint density at radius 1 is 1.44 bits per heavy atom. The summed E-state index contributed by atoms with van der Waals surface area (Å²) in [6, 6.07) is 5.49. The minimum atomic E-state index is -0.349. The Balaban J connectivity index is 2.90. The Bertz CT molecular complexity index is 420. The molecular formula is C14H21FN2S. The van der Waals surface area contributed by atoms with Gasteiger partial charge in [-0.15, -0.1) is 0 Å². The van der Waals surface area contributed by atoms with Gasteiger partial charge in [-0.3, -0.25) is 4.90 Å². The zero-order valence-electron chi connectivity index (χ0n) is 11.2. The summed E-state index contributed by atoms with van der Waals surface area (Å²) in [7, 11) is 0. The van der Waals surface area contributed by atoms with Crippen molar-refractivity contribution in [2.24, 2.45) is 5.73 Å². The summed E-state index contributed by atoms with van der Waals surface area (Å²) >= 11 is 4.85. The molecule has 1 rings (SSSR count). The van der Waals surface area contributed by atoms with Crippen LogP contribution >= 0.6 is 12.2 Å². The van der Waals surface area contributed by atoms with Crippen LogP contribution in [-0.4, -0.2) is 22.5 Å². The fourth-order valence-corrected chi connectivity index (χ4v) is 2.09. The van der Waals surface area contributed by atoms with Crippen molar-refractivity contribution in [3.05, 3.63) is 35.1 Å². The second-order valence-electron chi connectivity index (χ2n) is 4.50. The van der Waals surface area contributed by atoms with E-state index in [1.165, 1.54) is 6.07 Å². The predicted octanol–water partition coefficient (Wildman–Crippen LogP) is 3.08. The van der Waals surface area contributed by atoms with Crippen LogP contribution in [0.3, 0.4) is 0 Å². The van der Waals surface area contributed by atoms with Gasteiger partial charge in [0.05, 0.1) is 0 Å². The summed E-state index contributed by atoms with van der Waals surface area (Å²) in [5.41, 5.74) is 6.89. The topological polar surface area (TPSA) is 29.3 Å². The summed E-state index contributed by atoms with van der Waals surface area (Å²) in [4.78, 5) is 2.46. The summed E-state index contributed by atoms with van der Waals surface area (Å²) < 4.78 is 13.5. The molecule has 2 nitrogen and oxygen atoms in total. The van der Waals surface area contributed by atoms with Gasteiger partial charge in [-0.1, -0.05) is 32.1 Å². The fourth-order valence-electron chi connectivity index (χ4n) is 1.93. The number of hydrogen-bond donors (Lipinski definition) is 1. The van der Waals surface area contributed by atoms with Gasteiger partial charge in [0.15, 0.2) is 0 Å². The van der Waals surface area contributed by atoms with Crippen molar-refractivity contribution in [3.63, 3.8) is 0 Å². The first-order chi connectivity index (χ1) is 8.49. The highest BCUT2D eigenvalue weighted by atomic mass is 32.1. The van der Waals surface area contributed by atoms with Gasteiger partial charge in [0.2, 0.25) is 0 Å². The van der Waals surface area contributed by atoms with Gasteiger partial charge in [-0.2, -0.15) is 0 Å².